The zero-order chi connectivity index (χ0) is 20.1. The van der Waals surface area contributed by atoms with Gasteiger partial charge in [-0.15, -0.1) is 0 Å². The number of nitrogens with one attached hydrogen (secondary N) is 1. The SMILES string of the molecule is CC(C)[C@H](C(=O)NCCCn1ccnc1)N1C(=O)/C(=C/c2ccco2)SC1=S. The molecule has 0 bridgehead atoms. The van der Waals surface area contributed by atoms with Crippen molar-refractivity contribution in [1.82, 2.24) is 19.8 Å². The average molecular weight is 419 g/mol. The lowest BCUT2D eigenvalue weighted by Crippen LogP contribution is -2.51. The molecule has 0 saturated carbocycles. The van der Waals surface area contributed by atoms with E-state index < -0.39 is 6.04 Å². The van der Waals surface area contributed by atoms with Gasteiger partial charge in [-0.2, -0.15) is 0 Å². The highest BCUT2D eigenvalue weighted by molar-refractivity contribution is 8.26. The van der Waals surface area contributed by atoms with Gasteiger partial charge in [-0.05, 0) is 24.5 Å². The van der Waals surface area contributed by atoms with E-state index in [0.29, 0.717) is 21.5 Å². The maximum Gasteiger partial charge on any atom is 0.267 e. The van der Waals surface area contributed by atoms with Crippen molar-refractivity contribution in [2.24, 2.45) is 5.92 Å². The van der Waals surface area contributed by atoms with Gasteiger partial charge in [0.25, 0.3) is 5.91 Å². The number of amides is 2. The van der Waals surface area contributed by atoms with E-state index in [2.05, 4.69) is 10.3 Å². The zero-order valence-corrected chi connectivity index (χ0v) is 17.3. The van der Waals surface area contributed by atoms with Crippen LogP contribution in [0.1, 0.15) is 26.0 Å². The molecule has 1 saturated heterocycles. The monoisotopic (exact) mass is 418 g/mol. The number of nitrogens with zero attached hydrogens (tertiary/aromatic N) is 3. The largest absolute Gasteiger partial charge is 0.465 e. The number of furan rings is 1. The highest BCUT2D eigenvalue weighted by atomic mass is 32.2. The lowest BCUT2D eigenvalue weighted by atomic mass is 10.0. The first-order chi connectivity index (χ1) is 13.5. The van der Waals surface area contributed by atoms with E-state index in [1.807, 2.05) is 24.6 Å². The quantitative estimate of drug-likeness (QED) is 0.403. The van der Waals surface area contributed by atoms with Crippen LogP contribution in [0.3, 0.4) is 0 Å². The summed E-state index contributed by atoms with van der Waals surface area (Å²) in [6, 6.07) is 2.86. The minimum absolute atomic E-state index is 0.0842. The summed E-state index contributed by atoms with van der Waals surface area (Å²) in [7, 11) is 0. The van der Waals surface area contributed by atoms with Gasteiger partial charge in [0.2, 0.25) is 5.91 Å². The van der Waals surface area contributed by atoms with Gasteiger partial charge in [0.1, 0.15) is 16.1 Å². The van der Waals surface area contributed by atoms with E-state index in [1.54, 1.807) is 37.0 Å². The second-order valence-corrected chi connectivity index (χ2v) is 8.38. The minimum atomic E-state index is -0.650. The third-order valence-electron chi connectivity index (χ3n) is 4.27. The molecule has 1 aliphatic heterocycles. The van der Waals surface area contributed by atoms with Crippen LogP contribution in [-0.4, -0.2) is 43.2 Å². The third kappa shape index (κ3) is 4.71. The van der Waals surface area contributed by atoms with Crippen LogP contribution in [0, 0.1) is 5.92 Å². The number of hydrogen-bond donors (Lipinski definition) is 1. The van der Waals surface area contributed by atoms with Crippen molar-refractivity contribution in [3.05, 3.63) is 47.8 Å². The van der Waals surface area contributed by atoms with Crippen molar-refractivity contribution in [3.63, 3.8) is 0 Å². The van der Waals surface area contributed by atoms with Gasteiger partial charge < -0.3 is 14.3 Å². The van der Waals surface area contributed by atoms with Gasteiger partial charge in [-0.3, -0.25) is 14.5 Å². The fourth-order valence-corrected chi connectivity index (χ4v) is 4.25. The number of rotatable bonds is 8. The molecule has 148 valence electrons. The zero-order valence-electron chi connectivity index (χ0n) is 15.7. The van der Waals surface area contributed by atoms with E-state index in [0.717, 1.165) is 13.0 Å². The molecule has 1 atom stereocenters. The van der Waals surface area contributed by atoms with Crippen molar-refractivity contribution >= 4 is 46.2 Å². The first-order valence-corrected chi connectivity index (χ1v) is 10.2. The summed E-state index contributed by atoms with van der Waals surface area (Å²) in [5.74, 6) is 0.0273. The average Bonchev–Trinajstić information content (AvgIpc) is 3.39. The Bertz CT molecular complexity index is 860. The lowest BCUT2D eigenvalue weighted by Gasteiger charge is -2.29. The Morgan fingerprint density at radius 1 is 1.46 bits per heavy atom. The fraction of sp³-hybridized carbons (Fsp3) is 0.368. The summed E-state index contributed by atoms with van der Waals surface area (Å²) in [5, 5.41) is 2.93. The summed E-state index contributed by atoms with van der Waals surface area (Å²) in [6.45, 7) is 5.09. The Kier molecular flexibility index (Phi) is 6.69. The Morgan fingerprint density at radius 3 is 2.93 bits per heavy atom. The Labute approximate surface area is 173 Å². The summed E-state index contributed by atoms with van der Waals surface area (Å²) in [4.78, 5) is 31.6. The van der Waals surface area contributed by atoms with Gasteiger partial charge in [-0.1, -0.05) is 37.8 Å². The molecule has 9 heteroatoms. The Balaban J connectivity index is 1.64. The normalized spacial score (nSPS) is 17.0. The van der Waals surface area contributed by atoms with E-state index in [1.165, 1.54) is 16.7 Å². The van der Waals surface area contributed by atoms with Gasteiger partial charge in [-0.25, -0.2) is 4.98 Å². The molecule has 0 spiro atoms. The maximum absolute atomic E-state index is 12.9. The topological polar surface area (TPSA) is 80.4 Å². The van der Waals surface area contributed by atoms with Gasteiger partial charge in [0, 0.05) is 31.6 Å². The molecule has 2 amide bonds. The van der Waals surface area contributed by atoms with Gasteiger partial charge in [0.15, 0.2) is 0 Å². The second-order valence-electron chi connectivity index (χ2n) is 6.70. The van der Waals surface area contributed by atoms with Crippen LogP contribution in [0.4, 0.5) is 0 Å². The number of aromatic nitrogens is 2. The highest BCUT2D eigenvalue weighted by Gasteiger charge is 2.41. The molecule has 3 heterocycles. The van der Waals surface area contributed by atoms with Gasteiger partial charge >= 0.3 is 0 Å². The van der Waals surface area contributed by atoms with Crippen LogP contribution in [0.5, 0.6) is 0 Å². The fourth-order valence-electron chi connectivity index (χ4n) is 2.94. The predicted molar refractivity (Wildman–Crippen MR) is 112 cm³/mol. The van der Waals surface area contributed by atoms with Crippen molar-refractivity contribution in [1.29, 1.82) is 0 Å². The lowest BCUT2D eigenvalue weighted by molar-refractivity contribution is -0.134. The number of imidazole rings is 1. The van der Waals surface area contributed by atoms with Crippen LogP contribution in [0.25, 0.3) is 6.08 Å². The molecule has 1 fully saturated rings. The number of aryl methyl sites for hydroxylation is 1. The summed E-state index contributed by atoms with van der Waals surface area (Å²) in [6.07, 6.45) is 9.30. The summed E-state index contributed by atoms with van der Waals surface area (Å²) in [5.41, 5.74) is 0. The van der Waals surface area contributed by atoms with E-state index in [4.69, 9.17) is 16.6 Å². The molecular formula is C19H22N4O3S2. The van der Waals surface area contributed by atoms with Crippen molar-refractivity contribution in [2.75, 3.05) is 6.54 Å². The predicted octanol–water partition coefficient (Wildman–Crippen LogP) is 2.91. The molecule has 7 nitrogen and oxygen atoms in total. The molecule has 0 unspecified atom stereocenters. The van der Waals surface area contributed by atoms with Gasteiger partial charge in [0.05, 0.1) is 17.5 Å². The number of hydrogen-bond acceptors (Lipinski definition) is 6. The molecule has 3 rings (SSSR count). The highest BCUT2D eigenvalue weighted by Crippen LogP contribution is 2.35. The Morgan fingerprint density at radius 2 is 2.29 bits per heavy atom. The Hall–Kier alpha value is -2.39. The number of thioether (sulfide) groups is 1. The van der Waals surface area contributed by atoms with E-state index in [-0.39, 0.29) is 17.7 Å². The smallest absolute Gasteiger partial charge is 0.267 e. The van der Waals surface area contributed by atoms with Crippen LogP contribution in [0.2, 0.25) is 0 Å². The molecular weight excluding hydrogens is 396 g/mol. The van der Waals surface area contributed by atoms with Crippen molar-refractivity contribution in [3.8, 4) is 0 Å². The second kappa shape index (κ2) is 9.20. The first-order valence-electron chi connectivity index (χ1n) is 9.01. The van der Waals surface area contributed by atoms with Crippen LogP contribution < -0.4 is 5.32 Å². The first kappa shape index (κ1) is 20.3. The van der Waals surface area contributed by atoms with Crippen molar-refractivity contribution < 1.29 is 14.0 Å². The molecule has 2 aromatic heterocycles. The van der Waals surface area contributed by atoms with Crippen molar-refractivity contribution in [2.45, 2.75) is 32.9 Å². The van der Waals surface area contributed by atoms with E-state index >= 15 is 0 Å². The van der Waals surface area contributed by atoms with Crippen LogP contribution in [0.15, 0.2) is 46.4 Å². The third-order valence-corrected chi connectivity index (χ3v) is 5.60. The van der Waals surface area contributed by atoms with E-state index in [9.17, 15) is 9.59 Å². The molecule has 0 aliphatic carbocycles. The summed E-state index contributed by atoms with van der Waals surface area (Å²) < 4.78 is 7.61. The molecule has 0 aromatic carbocycles. The standard InChI is InChI=1S/C19H22N4O3S2/c1-13(2)16(17(24)21-6-4-8-22-9-7-20-12-22)23-18(25)15(28-19(23)27)11-14-5-3-10-26-14/h3,5,7,9-13,16H,4,6,8H2,1-2H3,(H,21,24)/b15-11-/t16-/m1/s1. The maximum atomic E-state index is 12.9. The molecule has 1 aliphatic rings. The van der Waals surface area contributed by atoms with Crippen LogP contribution >= 0.6 is 24.0 Å². The van der Waals surface area contributed by atoms with Crippen LogP contribution in [-0.2, 0) is 16.1 Å². The minimum Gasteiger partial charge on any atom is -0.465 e. The number of thiocarbonyl (C=S) groups is 1. The molecule has 2 aromatic rings. The summed E-state index contributed by atoms with van der Waals surface area (Å²) >= 11 is 6.59. The number of carbonyl (C=O) groups is 2. The molecule has 28 heavy (non-hydrogen) atoms. The molecule has 1 N–H and O–H groups in total. The number of carbonyl (C=O) groups excluding carboxylic acids is 2. The molecule has 0 radical (unpaired) electrons.